The second-order valence-electron chi connectivity index (χ2n) is 7.71. The van der Waals surface area contributed by atoms with E-state index in [1.165, 1.54) is 12.0 Å². The fourth-order valence-electron chi connectivity index (χ4n) is 4.06. The number of hydrogen-bond donors (Lipinski definition) is 2. The van der Waals surface area contributed by atoms with Crippen LogP contribution in [0.5, 0.6) is 0 Å². The number of nitrogens with zero attached hydrogens (tertiary/aromatic N) is 2. The van der Waals surface area contributed by atoms with Gasteiger partial charge < -0.3 is 14.9 Å². The van der Waals surface area contributed by atoms with Crippen molar-refractivity contribution in [3.8, 4) is 0 Å². The Hall–Kier alpha value is -2.22. The fraction of sp³-hybridized carbons (Fsp3) is 0.304. The number of nitrogens with one attached hydrogen (secondary N) is 2. The second-order valence-corrected chi connectivity index (χ2v) is 9.02. The molecule has 0 radical (unpaired) electrons. The summed E-state index contributed by atoms with van der Waals surface area (Å²) in [6.07, 6.45) is 2.32. The maximum absolute atomic E-state index is 12.8. The summed E-state index contributed by atoms with van der Waals surface area (Å²) < 4.78 is 3.64. The van der Waals surface area contributed by atoms with Crippen LogP contribution in [0.1, 0.15) is 34.6 Å². The number of hydrogen-bond acceptors (Lipinski definition) is 3. The van der Waals surface area contributed by atoms with Gasteiger partial charge in [-0.05, 0) is 68.4 Å². The number of imidazole rings is 1. The number of halogens is 1. The monoisotopic (exact) mass is 484 g/mol. The van der Waals surface area contributed by atoms with E-state index in [9.17, 15) is 4.79 Å². The van der Waals surface area contributed by atoms with Crippen LogP contribution in [-0.2, 0) is 13.1 Å². The van der Waals surface area contributed by atoms with E-state index < -0.39 is 0 Å². The molecule has 1 saturated heterocycles. The zero-order chi connectivity index (χ0) is 21.1. The number of likely N-dealkylation sites (tertiary alicyclic amines) is 1. The minimum absolute atomic E-state index is 0.174. The molecule has 4 rings (SSSR count). The summed E-state index contributed by atoms with van der Waals surface area (Å²) in [7, 11) is 0. The van der Waals surface area contributed by atoms with Crippen molar-refractivity contribution < 1.29 is 4.79 Å². The Morgan fingerprint density at radius 1 is 1.20 bits per heavy atom. The normalized spacial score (nSPS) is 16.7. The minimum Gasteiger partial charge on any atom is -0.326 e. The fourth-order valence-corrected chi connectivity index (χ4v) is 4.64. The molecule has 1 amide bonds. The molecule has 0 unspecified atom stereocenters. The number of carbonyl (C=O) groups is 1. The van der Waals surface area contributed by atoms with Crippen LogP contribution in [-0.4, -0.2) is 32.9 Å². The smallest absolute Gasteiger partial charge is 0.273 e. The van der Waals surface area contributed by atoms with E-state index in [0.717, 1.165) is 41.9 Å². The SMILES string of the molecule is Cc1c(C(=O)Nc2ccc(Br)cc2)[nH]c(=S)n1C[C@@H]1CCCN1Cc1ccccc1. The Morgan fingerprint density at radius 3 is 2.67 bits per heavy atom. The Bertz CT molecular complexity index is 1070. The summed E-state index contributed by atoms with van der Waals surface area (Å²) in [5, 5.41) is 2.94. The zero-order valence-electron chi connectivity index (χ0n) is 16.9. The van der Waals surface area contributed by atoms with Crippen LogP contribution >= 0.6 is 28.1 Å². The van der Waals surface area contributed by atoms with Crippen LogP contribution in [0.15, 0.2) is 59.1 Å². The van der Waals surface area contributed by atoms with Crippen LogP contribution in [0, 0.1) is 11.7 Å². The molecular formula is C23H25BrN4OS. The third-order valence-corrected chi connectivity index (χ3v) is 6.54. The van der Waals surface area contributed by atoms with Crippen molar-refractivity contribution in [2.45, 2.75) is 38.9 Å². The average molecular weight is 485 g/mol. The van der Waals surface area contributed by atoms with Crippen molar-refractivity contribution in [1.29, 1.82) is 0 Å². The first-order valence-corrected chi connectivity index (χ1v) is 11.4. The predicted octanol–water partition coefficient (Wildman–Crippen LogP) is 5.53. The van der Waals surface area contributed by atoms with Gasteiger partial charge in [0.25, 0.3) is 5.91 Å². The van der Waals surface area contributed by atoms with Crippen molar-refractivity contribution >= 4 is 39.7 Å². The highest BCUT2D eigenvalue weighted by atomic mass is 79.9. The second kappa shape index (κ2) is 9.29. The van der Waals surface area contributed by atoms with E-state index in [1.807, 2.05) is 37.3 Å². The molecule has 3 aromatic rings. The van der Waals surface area contributed by atoms with Gasteiger partial charge >= 0.3 is 0 Å². The first kappa shape index (κ1) is 21.0. The van der Waals surface area contributed by atoms with Gasteiger partial charge in [0.05, 0.1) is 0 Å². The number of benzene rings is 2. The lowest BCUT2D eigenvalue weighted by Crippen LogP contribution is -2.33. The Morgan fingerprint density at radius 2 is 1.93 bits per heavy atom. The minimum atomic E-state index is -0.174. The average Bonchev–Trinajstić information content (AvgIpc) is 3.29. The topological polar surface area (TPSA) is 53.1 Å². The lowest BCUT2D eigenvalue weighted by atomic mass is 10.1. The predicted molar refractivity (Wildman–Crippen MR) is 126 cm³/mol. The molecule has 1 atom stereocenters. The Kier molecular flexibility index (Phi) is 6.51. The highest BCUT2D eigenvalue weighted by Crippen LogP contribution is 2.23. The maximum atomic E-state index is 12.8. The molecule has 156 valence electrons. The van der Waals surface area contributed by atoms with Crippen LogP contribution in [0.2, 0.25) is 0 Å². The summed E-state index contributed by atoms with van der Waals surface area (Å²) >= 11 is 8.98. The molecule has 1 aliphatic heterocycles. The Labute approximate surface area is 190 Å². The summed E-state index contributed by atoms with van der Waals surface area (Å²) in [4.78, 5) is 18.4. The number of aromatic nitrogens is 2. The highest BCUT2D eigenvalue weighted by molar-refractivity contribution is 9.10. The third-order valence-electron chi connectivity index (χ3n) is 5.69. The van der Waals surface area contributed by atoms with E-state index in [4.69, 9.17) is 12.2 Å². The first-order valence-electron chi connectivity index (χ1n) is 10.2. The van der Waals surface area contributed by atoms with E-state index >= 15 is 0 Å². The molecular weight excluding hydrogens is 460 g/mol. The molecule has 30 heavy (non-hydrogen) atoms. The van der Waals surface area contributed by atoms with Crippen molar-refractivity contribution in [3.05, 3.63) is 80.8 Å². The molecule has 1 fully saturated rings. The maximum Gasteiger partial charge on any atom is 0.273 e. The van der Waals surface area contributed by atoms with E-state index in [-0.39, 0.29) is 5.91 Å². The van der Waals surface area contributed by atoms with Gasteiger partial charge in [-0.3, -0.25) is 9.69 Å². The van der Waals surface area contributed by atoms with Crippen LogP contribution in [0.25, 0.3) is 0 Å². The van der Waals surface area contributed by atoms with Crippen LogP contribution < -0.4 is 5.32 Å². The first-order chi connectivity index (χ1) is 14.5. The van der Waals surface area contributed by atoms with Crippen LogP contribution in [0.4, 0.5) is 5.69 Å². The van der Waals surface area contributed by atoms with E-state index in [2.05, 4.69) is 60.0 Å². The molecule has 2 N–H and O–H groups in total. The van der Waals surface area contributed by atoms with E-state index in [1.54, 1.807) is 0 Å². The molecule has 2 heterocycles. The summed E-state index contributed by atoms with van der Waals surface area (Å²) in [6, 6.07) is 18.5. The number of anilines is 1. The van der Waals surface area contributed by atoms with Crippen molar-refractivity contribution in [1.82, 2.24) is 14.5 Å². The quantitative estimate of drug-likeness (QED) is 0.452. The van der Waals surface area contributed by atoms with Gasteiger partial charge in [-0.25, -0.2) is 0 Å². The molecule has 1 aromatic heterocycles. The molecule has 1 aliphatic rings. The Balaban J connectivity index is 1.48. The molecule has 0 aliphatic carbocycles. The number of amides is 1. The van der Waals surface area contributed by atoms with Gasteiger partial charge in [-0.2, -0.15) is 0 Å². The van der Waals surface area contributed by atoms with Crippen molar-refractivity contribution in [3.63, 3.8) is 0 Å². The molecule has 0 bridgehead atoms. The number of H-pyrrole nitrogens is 1. The van der Waals surface area contributed by atoms with Gasteiger partial charge in [0.2, 0.25) is 0 Å². The van der Waals surface area contributed by atoms with Gasteiger partial charge in [0, 0.05) is 35.0 Å². The summed E-state index contributed by atoms with van der Waals surface area (Å²) in [6.45, 7) is 4.78. The van der Waals surface area contributed by atoms with Gasteiger partial charge in [-0.1, -0.05) is 46.3 Å². The summed E-state index contributed by atoms with van der Waals surface area (Å²) in [5.41, 5.74) is 3.48. The highest BCUT2D eigenvalue weighted by Gasteiger charge is 2.26. The van der Waals surface area contributed by atoms with Crippen molar-refractivity contribution in [2.24, 2.45) is 0 Å². The molecule has 7 heteroatoms. The van der Waals surface area contributed by atoms with Gasteiger partial charge in [-0.15, -0.1) is 0 Å². The zero-order valence-corrected chi connectivity index (χ0v) is 19.3. The summed E-state index contributed by atoms with van der Waals surface area (Å²) in [5.74, 6) is -0.174. The third kappa shape index (κ3) is 4.74. The lowest BCUT2D eigenvalue weighted by Gasteiger charge is -2.25. The van der Waals surface area contributed by atoms with Gasteiger partial charge in [0.1, 0.15) is 5.69 Å². The van der Waals surface area contributed by atoms with Gasteiger partial charge in [0.15, 0.2) is 4.77 Å². The number of aromatic amines is 1. The standard InChI is InChI=1S/C23H25BrN4OS/c1-16-21(22(29)25-19-11-9-18(24)10-12-19)26-23(30)28(16)15-20-8-5-13-27(20)14-17-6-3-2-4-7-17/h2-4,6-7,9-12,20H,5,8,13-15H2,1H3,(H,25,29)(H,26,30)/t20-/m0/s1. The molecule has 0 saturated carbocycles. The largest absolute Gasteiger partial charge is 0.326 e. The molecule has 5 nitrogen and oxygen atoms in total. The number of carbonyl (C=O) groups excluding carboxylic acids is 1. The van der Waals surface area contributed by atoms with Crippen molar-refractivity contribution in [2.75, 3.05) is 11.9 Å². The lowest BCUT2D eigenvalue weighted by molar-refractivity contribution is 0.102. The molecule has 0 spiro atoms. The van der Waals surface area contributed by atoms with E-state index in [0.29, 0.717) is 16.5 Å². The molecule has 2 aromatic carbocycles. The van der Waals surface area contributed by atoms with Crippen LogP contribution in [0.3, 0.4) is 0 Å². The number of rotatable bonds is 6.